The summed E-state index contributed by atoms with van der Waals surface area (Å²) in [5, 5.41) is 17.4. The van der Waals surface area contributed by atoms with Crippen molar-refractivity contribution >= 4 is 44.1 Å². The zero-order chi connectivity index (χ0) is 27.4. The number of carbonyl (C=O) groups is 2. The summed E-state index contributed by atoms with van der Waals surface area (Å²) >= 11 is 1.17. The van der Waals surface area contributed by atoms with Gasteiger partial charge in [-0.15, -0.1) is 11.3 Å². The van der Waals surface area contributed by atoms with Crippen molar-refractivity contribution in [2.45, 2.75) is 29.1 Å². The van der Waals surface area contributed by atoms with Gasteiger partial charge in [0.2, 0.25) is 0 Å². The fourth-order valence-electron chi connectivity index (χ4n) is 5.52. The molecular weight excluding hydrogens is 544 g/mol. The van der Waals surface area contributed by atoms with Crippen LogP contribution in [0.15, 0.2) is 63.7 Å². The van der Waals surface area contributed by atoms with Crippen LogP contribution >= 0.6 is 11.3 Å². The van der Waals surface area contributed by atoms with Crippen LogP contribution in [0.25, 0.3) is 21.2 Å². The van der Waals surface area contributed by atoms with Crippen LogP contribution in [0.4, 0.5) is 4.79 Å². The number of carbonyl (C=O) groups excluding carboxylic acids is 2. The molecule has 39 heavy (non-hydrogen) atoms. The first-order chi connectivity index (χ1) is 18.7. The van der Waals surface area contributed by atoms with Crippen molar-refractivity contribution in [3.05, 3.63) is 55.1 Å². The summed E-state index contributed by atoms with van der Waals surface area (Å²) in [6.45, 7) is 0.366. The number of aromatic nitrogens is 1. The quantitative estimate of drug-likeness (QED) is 0.289. The van der Waals surface area contributed by atoms with Gasteiger partial charge in [0.25, 0.3) is 15.9 Å². The first-order valence-corrected chi connectivity index (χ1v) is 14.6. The van der Waals surface area contributed by atoms with Crippen LogP contribution in [-0.2, 0) is 21.4 Å². The van der Waals surface area contributed by atoms with Gasteiger partial charge in [-0.3, -0.25) is 10.1 Å². The van der Waals surface area contributed by atoms with Crippen molar-refractivity contribution in [3.63, 3.8) is 0 Å². The van der Waals surface area contributed by atoms with Gasteiger partial charge in [-0.2, -0.15) is 4.31 Å². The van der Waals surface area contributed by atoms with Gasteiger partial charge in [-0.05, 0) is 55.2 Å². The van der Waals surface area contributed by atoms with Crippen molar-refractivity contribution in [1.29, 1.82) is 0 Å². The lowest BCUT2D eigenvalue weighted by Gasteiger charge is -2.40. The van der Waals surface area contributed by atoms with Crippen molar-refractivity contribution in [3.8, 4) is 22.1 Å². The number of aromatic hydroxyl groups is 1. The SMILES string of the molecule is COc1ccc2c(O)n(CC3(C4CCN(S(=O)(=O)c5ccc(-c6ccoc6)s5)CC4)NC(=O)NC3=O)cc2c1. The molecular formula is C26H26N4O7S2. The normalized spacial score (nSPS) is 20.8. The number of sulfonamides is 1. The summed E-state index contributed by atoms with van der Waals surface area (Å²) in [7, 11) is -2.19. The van der Waals surface area contributed by atoms with E-state index >= 15 is 0 Å². The predicted molar refractivity (Wildman–Crippen MR) is 143 cm³/mol. The van der Waals surface area contributed by atoms with Gasteiger partial charge < -0.3 is 24.1 Å². The largest absolute Gasteiger partial charge is 0.497 e. The predicted octanol–water partition coefficient (Wildman–Crippen LogP) is 3.36. The molecule has 13 heteroatoms. The molecule has 1 atom stereocenters. The number of hydrogen-bond donors (Lipinski definition) is 3. The lowest BCUT2D eigenvalue weighted by atomic mass is 9.77. The molecule has 2 aliphatic rings. The third-order valence-electron chi connectivity index (χ3n) is 7.59. The average molecular weight is 571 g/mol. The zero-order valence-corrected chi connectivity index (χ0v) is 22.5. The first kappa shape index (κ1) is 25.5. The molecule has 3 N–H and O–H groups in total. The average Bonchev–Trinajstić information content (AvgIpc) is 3.72. The molecule has 204 valence electrons. The Labute approximate surface area is 228 Å². The van der Waals surface area contributed by atoms with E-state index in [0.29, 0.717) is 24.0 Å². The minimum Gasteiger partial charge on any atom is -0.497 e. The Morgan fingerprint density at radius 3 is 2.64 bits per heavy atom. The highest BCUT2D eigenvalue weighted by molar-refractivity contribution is 7.91. The van der Waals surface area contributed by atoms with E-state index in [1.54, 1.807) is 60.5 Å². The highest BCUT2D eigenvalue weighted by atomic mass is 32.2. The van der Waals surface area contributed by atoms with Crippen molar-refractivity contribution in [2.75, 3.05) is 20.2 Å². The number of benzene rings is 1. The Morgan fingerprint density at radius 2 is 1.97 bits per heavy atom. The lowest BCUT2D eigenvalue weighted by molar-refractivity contribution is -0.127. The first-order valence-electron chi connectivity index (χ1n) is 12.3. The molecule has 3 aromatic heterocycles. The molecule has 0 radical (unpaired) electrons. The minimum atomic E-state index is -3.74. The molecule has 3 amide bonds. The number of nitrogens with zero attached hydrogens (tertiary/aromatic N) is 2. The molecule has 2 aliphatic heterocycles. The standard InChI is InChI=1S/C26H26N4O7S2/c1-36-19-2-3-20-17(12-19)13-29(23(20)31)15-26(24(32)27-25(33)28-26)18-6-9-30(10-7-18)39(34,35)22-5-4-21(38-22)16-8-11-37-14-16/h2-5,8,11-14,18,31H,6-7,9-10,15H2,1H3,(H2,27,28,32,33). The number of urea groups is 1. The van der Waals surface area contributed by atoms with Crippen LogP contribution in [0.3, 0.4) is 0 Å². The molecule has 0 spiro atoms. The smallest absolute Gasteiger partial charge is 0.322 e. The summed E-state index contributed by atoms with van der Waals surface area (Å²) in [5.41, 5.74) is -0.537. The molecule has 11 nitrogen and oxygen atoms in total. The molecule has 2 fully saturated rings. The van der Waals surface area contributed by atoms with E-state index in [1.165, 1.54) is 21.9 Å². The summed E-state index contributed by atoms with van der Waals surface area (Å²) in [6.07, 6.45) is 5.51. The maximum atomic E-state index is 13.4. The Hall–Kier alpha value is -3.81. The zero-order valence-electron chi connectivity index (χ0n) is 20.9. The van der Waals surface area contributed by atoms with Crippen molar-refractivity contribution in [1.82, 2.24) is 19.5 Å². The Morgan fingerprint density at radius 1 is 1.18 bits per heavy atom. The molecule has 1 aromatic carbocycles. The second-order valence-electron chi connectivity index (χ2n) is 9.72. The Bertz CT molecular complexity index is 1670. The Kier molecular flexibility index (Phi) is 6.16. The van der Waals surface area contributed by atoms with E-state index in [9.17, 15) is 23.1 Å². The van der Waals surface area contributed by atoms with E-state index in [2.05, 4.69) is 10.6 Å². The molecule has 0 bridgehead atoms. The number of thiophene rings is 1. The van der Waals surface area contributed by atoms with Crippen LogP contribution in [0.1, 0.15) is 12.8 Å². The van der Waals surface area contributed by atoms with Crippen LogP contribution < -0.4 is 15.4 Å². The van der Waals surface area contributed by atoms with Gasteiger partial charge >= 0.3 is 6.03 Å². The number of methoxy groups -OCH3 is 1. The van der Waals surface area contributed by atoms with E-state index in [4.69, 9.17) is 9.15 Å². The summed E-state index contributed by atoms with van der Waals surface area (Å²) in [5.74, 6) is -0.268. The number of fused-ring (bicyclic) bond motifs is 1. The topological polar surface area (TPSA) is 143 Å². The summed E-state index contributed by atoms with van der Waals surface area (Å²) in [4.78, 5) is 26.3. The summed E-state index contributed by atoms with van der Waals surface area (Å²) in [6, 6.07) is 9.74. The monoisotopic (exact) mass is 570 g/mol. The van der Waals surface area contributed by atoms with Crippen LogP contribution in [0.5, 0.6) is 11.6 Å². The number of rotatable bonds is 7. The van der Waals surface area contributed by atoms with E-state index in [1.807, 2.05) is 0 Å². The number of amides is 3. The van der Waals surface area contributed by atoms with Gasteiger partial charge in [0.15, 0.2) is 5.88 Å². The van der Waals surface area contributed by atoms with Crippen LogP contribution in [0.2, 0.25) is 0 Å². The van der Waals surface area contributed by atoms with Gasteiger partial charge in [0.05, 0.1) is 26.2 Å². The second-order valence-corrected chi connectivity index (χ2v) is 13.0. The number of furan rings is 1. The third-order valence-corrected chi connectivity index (χ3v) is 11.1. The van der Waals surface area contributed by atoms with Gasteiger partial charge in [0.1, 0.15) is 15.5 Å². The number of hydrogen-bond acceptors (Lipinski definition) is 8. The van der Waals surface area contributed by atoms with Gasteiger partial charge in [-0.1, -0.05) is 0 Å². The maximum absolute atomic E-state index is 13.4. The minimum absolute atomic E-state index is 0.0101. The highest BCUT2D eigenvalue weighted by Gasteiger charge is 2.53. The van der Waals surface area contributed by atoms with E-state index in [-0.39, 0.29) is 35.6 Å². The fourth-order valence-corrected chi connectivity index (χ4v) is 8.43. The third kappa shape index (κ3) is 4.26. The number of ether oxygens (including phenoxy) is 1. The number of piperidine rings is 1. The van der Waals surface area contributed by atoms with Crippen LogP contribution in [-0.4, -0.2) is 60.1 Å². The molecule has 5 heterocycles. The molecule has 0 saturated carbocycles. The second kappa shape index (κ2) is 9.43. The Balaban J connectivity index is 1.24. The van der Waals surface area contributed by atoms with Crippen molar-refractivity contribution in [2.24, 2.45) is 5.92 Å². The van der Waals surface area contributed by atoms with E-state index < -0.39 is 27.5 Å². The van der Waals surface area contributed by atoms with Crippen molar-refractivity contribution < 1.29 is 32.3 Å². The molecule has 4 aromatic rings. The number of nitrogens with one attached hydrogen (secondary N) is 2. The van der Waals surface area contributed by atoms with Gasteiger partial charge in [0, 0.05) is 40.5 Å². The highest BCUT2D eigenvalue weighted by Crippen LogP contribution is 2.39. The molecule has 0 aliphatic carbocycles. The lowest BCUT2D eigenvalue weighted by Crippen LogP contribution is -2.58. The maximum Gasteiger partial charge on any atom is 0.322 e. The van der Waals surface area contributed by atoms with E-state index in [0.717, 1.165) is 15.8 Å². The summed E-state index contributed by atoms with van der Waals surface area (Å²) < 4.78 is 40.4. The molecule has 2 saturated heterocycles. The molecule has 1 unspecified atom stereocenters. The van der Waals surface area contributed by atoms with Gasteiger partial charge in [-0.25, -0.2) is 13.2 Å². The van der Waals surface area contributed by atoms with Crippen LogP contribution in [0, 0.1) is 5.92 Å². The fraction of sp³-hybridized carbons (Fsp3) is 0.308. The number of imide groups is 1. The molecule has 6 rings (SSSR count).